The molecule has 0 bridgehead atoms. The summed E-state index contributed by atoms with van der Waals surface area (Å²) in [7, 11) is 3.36. The van der Waals surface area contributed by atoms with E-state index in [1.54, 1.807) is 32.2 Å². The Kier molecular flexibility index (Phi) is 5.64. The number of aromatic nitrogens is 3. The Hall–Kier alpha value is -2.77. The second kappa shape index (κ2) is 8.50. The molecule has 6 nitrogen and oxygen atoms in total. The number of benzene rings is 2. The Morgan fingerprint density at radius 1 is 1.04 bits per heavy atom. The van der Waals surface area contributed by atoms with Gasteiger partial charge in [-0.15, -0.1) is 0 Å². The summed E-state index contributed by atoms with van der Waals surface area (Å²) in [5.41, 5.74) is 3.90. The van der Waals surface area contributed by atoms with E-state index in [4.69, 9.17) is 18.9 Å². The van der Waals surface area contributed by atoms with Gasteiger partial charge >= 0.3 is 0 Å². The van der Waals surface area contributed by atoms with Crippen LogP contribution in [0.15, 0.2) is 64.4 Å². The highest BCUT2D eigenvalue weighted by molar-refractivity contribution is 7.98. The first-order valence-corrected chi connectivity index (χ1v) is 9.93. The van der Waals surface area contributed by atoms with Gasteiger partial charge in [0.2, 0.25) is 5.89 Å². The van der Waals surface area contributed by atoms with Crippen LogP contribution < -0.4 is 4.74 Å². The third-order valence-corrected chi connectivity index (χ3v) is 5.39. The molecule has 0 saturated carbocycles. The number of hydrogen-bond acceptors (Lipinski definition) is 6. The van der Waals surface area contributed by atoms with Crippen LogP contribution in [-0.2, 0) is 17.0 Å². The molecule has 0 fully saturated rings. The largest absolute Gasteiger partial charge is 0.497 e. The molecule has 2 heterocycles. The molecule has 0 radical (unpaired) electrons. The molecule has 0 aliphatic carbocycles. The minimum atomic E-state index is 0.603. The van der Waals surface area contributed by atoms with E-state index in [0.717, 1.165) is 39.7 Å². The Balaban J connectivity index is 1.51. The zero-order valence-corrected chi connectivity index (χ0v) is 16.6. The molecule has 2 aromatic carbocycles. The topological polar surface area (TPSA) is 62.3 Å². The molecule has 0 atom stereocenters. The summed E-state index contributed by atoms with van der Waals surface area (Å²) in [5.74, 6) is 2.09. The van der Waals surface area contributed by atoms with E-state index < -0.39 is 0 Å². The lowest BCUT2D eigenvalue weighted by molar-refractivity contribution is 0.186. The number of methoxy groups -OCH3 is 2. The molecule has 28 heavy (non-hydrogen) atoms. The maximum absolute atomic E-state index is 5.65. The number of oxazole rings is 1. The van der Waals surface area contributed by atoms with Crippen molar-refractivity contribution in [1.82, 2.24) is 14.5 Å². The molecule has 4 aromatic rings. The van der Waals surface area contributed by atoms with Crippen molar-refractivity contribution in [2.75, 3.05) is 20.8 Å². The lowest BCUT2D eigenvalue weighted by atomic mass is 10.2. The Bertz CT molecular complexity index is 1060. The van der Waals surface area contributed by atoms with Crippen LogP contribution in [0.5, 0.6) is 5.75 Å². The second-order valence-corrected chi connectivity index (χ2v) is 7.13. The van der Waals surface area contributed by atoms with Crippen molar-refractivity contribution >= 4 is 22.8 Å². The van der Waals surface area contributed by atoms with Gasteiger partial charge in [0.05, 0.1) is 30.4 Å². The van der Waals surface area contributed by atoms with Crippen molar-refractivity contribution in [2.45, 2.75) is 17.5 Å². The minimum absolute atomic E-state index is 0.603. The summed E-state index contributed by atoms with van der Waals surface area (Å²) >= 11 is 1.64. The van der Waals surface area contributed by atoms with Crippen LogP contribution in [-0.4, -0.2) is 35.4 Å². The first-order chi connectivity index (χ1) is 13.8. The molecule has 0 N–H and O–H groups in total. The standard InChI is InChI=1S/C21H21N3O3S/c1-25-12-11-24-19-6-4-3-5-18(19)23-21(24)28-14-16-13-27-20(22-16)15-7-9-17(26-2)10-8-15/h3-10,13H,11-12,14H2,1-2H3. The molecule has 144 valence electrons. The number of ether oxygens (including phenoxy) is 2. The van der Waals surface area contributed by atoms with Crippen LogP contribution in [0.4, 0.5) is 0 Å². The Labute approximate surface area is 167 Å². The lowest BCUT2D eigenvalue weighted by Crippen LogP contribution is -2.05. The van der Waals surface area contributed by atoms with Crippen molar-refractivity contribution in [3.8, 4) is 17.2 Å². The van der Waals surface area contributed by atoms with Gasteiger partial charge in [0.15, 0.2) is 5.16 Å². The van der Waals surface area contributed by atoms with Gasteiger partial charge in [-0.3, -0.25) is 0 Å². The lowest BCUT2D eigenvalue weighted by Gasteiger charge is -2.07. The van der Waals surface area contributed by atoms with Crippen molar-refractivity contribution in [2.24, 2.45) is 0 Å². The van der Waals surface area contributed by atoms with Crippen LogP contribution in [0.1, 0.15) is 5.69 Å². The van der Waals surface area contributed by atoms with Gasteiger partial charge < -0.3 is 18.5 Å². The summed E-state index contributed by atoms with van der Waals surface area (Å²) in [5, 5.41) is 0.951. The molecule has 0 unspecified atom stereocenters. The number of para-hydroxylation sites is 2. The molecule has 0 aliphatic heterocycles. The van der Waals surface area contributed by atoms with Gasteiger partial charge in [-0.05, 0) is 36.4 Å². The number of fused-ring (bicyclic) bond motifs is 1. The van der Waals surface area contributed by atoms with Crippen LogP contribution in [0.2, 0.25) is 0 Å². The third kappa shape index (κ3) is 3.90. The van der Waals surface area contributed by atoms with Crippen LogP contribution in [0, 0.1) is 0 Å². The first-order valence-electron chi connectivity index (χ1n) is 8.94. The number of thioether (sulfide) groups is 1. The average molecular weight is 395 g/mol. The van der Waals surface area contributed by atoms with E-state index in [1.807, 2.05) is 42.5 Å². The van der Waals surface area contributed by atoms with E-state index in [9.17, 15) is 0 Å². The van der Waals surface area contributed by atoms with Gasteiger partial charge in [-0.2, -0.15) is 0 Å². The Morgan fingerprint density at radius 2 is 1.86 bits per heavy atom. The number of nitrogens with zero attached hydrogens (tertiary/aromatic N) is 3. The monoisotopic (exact) mass is 395 g/mol. The highest BCUT2D eigenvalue weighted by Crippen LogP contribution is 2.28. The van der Waals surface area contributed by atoms with Crippen molar-refractivity contribution in [3.63, 3.8) is 0 Å². The minimum Gasteiger partial charge on any atom is -0.497 e. The normalized spacial score (nSPS) is 11.2. The van der Waals surface area contributed by atoms with E-state index in [1.165, 1.54) is 0 Å². The van der Waals surface area contributed by atoms with Crippen molar-refractivity contribution in [3.05, 3.63) is 60.5 Å². The van der Waals surface area contributed by atoms with Gasteiger partial charge in [-0.25, -0.2) is 9.97 Å². The van der Waals surface area contributed by atoms with Crippen LogP contribution in [0.25, 0.3) is 22.5 Å². The van der Waals surface area contributed by atoms with Crippen molar-refractivity contribution in [1.29, 1.82) is 0 Å². The quantitative estimate of drug-likeness (QED) is 0.405. The molecule has 0 amide bonds. The highest BCUT2D eigenvalue weighted by Gasteiger charge is 2.13. The van der Waals surface area contributed by atoms with Gasteiger partial charge in [-0.1, -0.05) is 23.9 Å². The predicted molar refractivity (Wildman–Crippen MR) is 110 cm³/mol. The zero-order valence-electron chi connectivity index (χ0n) is 15.8. The fourth-order valence-electron chi connectivity index (χ4n) is 2.94. The van der Waals surface area contributed by atoms with Crippen molar-refractivity contribution < 1.29 is 13.9 Å². The molecular formula is C21H21N3O3S. The number of hydrogen-bond donors (Lipinski definition) is 0. The van der Waals surface area contributed by atoms with E-state index in [2.05, 4.69) is 15.6 Å². The molecule has 2 aromatic heterocycles. The molecule has 4 rings (SSSR count). The van der Waals surface area contributed by atoms with E-state index in [0.29, 0.717) is 18.3 Å². The smallest absolute Gasteiger partial charge is 0.226 e. The number of imidazole rings is 1. The summed E-state index contributed by atoms with van der Waals surface area (Å²) in [6.45, 7) is 1.40. The third-order valence-electron chi connectivity index (χ3n) is 4.38. The fraction of sp³-hybridized carbons (Fsp3) is 0.238. The van der Waals surface area contributed by atoms with Crippen LogP contribution >= 0.6 is 11.8 Å². The molecule has 7 heteroatoms. The molecule has 0 aliphatic rings. The fourth-order valence-corrected chi connectivity index (χ4v) is 3.86. The van der Waals surface area contributed by atoms with Gasteiger partial charge in [0.25, 0.3) is 0 Å². The van der Waals surface area contributed by atoms with Gasteiger partial charge in [0.1, 0.15) is 12.0 Å². The summed E-state index contributed by atoms with van der Waals surface area (Å²) in [6, 6.07) is 15.8. The second-order valence-electron chi connectivity index (χ2n) is 6.19. The van der Waals surface area contributed by atoms with Gasteiger partial charge in [0, 0.05) is 25.0 Å². The average Bonchev–Trinajstić information content (AvgIpc) is 3.35. The Morgan fingerprint density at radius 3 is 2.64 bits per heavy atom. The maximum atomic E-state index is 5.65. The SMILES string of the molecule is COCCn1c(SCc2coc(-c3ccc(OC)cc3)n2)nc2ccccc21. The summed E-state index contributed by atoms with van der Waals surface area (Å²) in [4.78, 5) is 9.37. The highest BCUT2D eigenvalue weighted by atomic mass is 32.2. The molecule has 0 spiro atoms. The first kappa shape index (κ1) is 18.6. The molecular weight excluding hydrogens is 374 g/mol. The molecule has 0 saturated heterocycles. The maximum Gasteiger partial charge on any atom is 0.226 e. The number of rotatable bonds is 8. The summed E-state index contributed by atoms with van der Waals surface area (Å²) in [6.07, 6.45) is 1.70. The van der Waals surface area contributed by atoms with E-state index >= 15 is 0 Å². The zero-order chi connectivity index (χ0) is 19.3. The summed E-state index contributed by atoms with van der Waals surface area (Å²) < 4.78 is 18.3. The van der Waals surface area contributed by atoms with E-state index in [-0.39, 0.29) is 0 Å². The van der Waals surface area contributed by atoms with Crippen LogP contribution in [0.3, 0.4) is 0 Å². The predicted octanol–water partition coefficient (Wildman–Crippen LogP) is 4.64.